The van der Waals surface area contributed by atoms with Crippen molar-refractivity contribution in [1.82, 2.24) is 0 Å². The van der Waals surface area contributed by atoms with Gasteiger partial charge in [-0.05, 0) is 17.5 Å². The average Bonchev–Trinajstić information content (AvgIpc) is 2.30. The standard InChI is InChI=1S/C12H11BF3N/c14-13(15,16)17-8-6-12(7-9-17)10-11-4-2-1-3-5-11/h1-9H,10H2. The zero-order valence-electron chi connectivity index (χ0n) is 9.06. The summed E-state index contributed by atoms with van der Waals surface area (Å²) in [6.45, 7) is 0. The van der Waals surface area contributed by atoms with E-state index in [4.69, 9.17) is 0 Å². The normalized spacial score (nSPS) is 11.5. The molecular weight excluding hydrogens is 226 g/mol. The minimum atomic E-state index is -4.97. The van der Waals surface area contributed by atoms with Crippen LogP contribution in [-0.2, 0) is 6.42 Å². The van der Waals surface area contributed by atoms with Crippen LogP contribution in [0.15, 0.2) is 54.9 Å². The van der Waals surface area contributed by atoms with Gasteiger partial charge in [-0.2, -0.15) is 0 Å². The maximum atomic E-state index is 12.4. The zero-order chi connectivity index (χ0) is 12.3. The summed E-state index contributed by atoms with van der Waals surface area (Å²) < 4.78 is 37.4. The molecule has 0 saturated carbocycles. The Morgan fingerprint density at radius 1 is 0.824 bits per heavy atom. The van der Waals surface area contributed by atoms with Crippen LogP contribution in [0, 0.1) is 0 Å². The van der Waals surface area contributed by atoms with Crippen molar-refractivity contribution in [2.24, 2.45) is 0 Å². The summed E-state index contributed by atoms with van der Waals surface area (Å²) in [5.41, 5.74) is 1.95. The quantitative estimate of drug-likeness (QED) is 0.722. The van der Waals surface area contributed by atoms with E-state index in [0.29, 0.717) is 10.9 Å². The van der Waals surface area contributed by atoms with Crippen LogP contribution in [0.2, 0.25) is 0 Å². The van der Waals surface area contributed by atoms with Gasteiger partial charge >= 0.3 is 7.11 Å². The van der Waals surface area contributed by atoms with Gasteiger partial charge in [-0.15, -0.1) is 0 Å². The number of nitrogens with zero attached hydrogens (tertiary/aromatic N) is 1. The molecule has 2 aromatic rings. The SMILES string of the molecule is F[B-](F)(F)[n+]1ccc(Cc2ccccc2)cc1. The molecule has 17 heavy (non-hydrogen) atoms. The third kappa shape index (κ3) is 3.09. The second kappa shape index (κ2) is 4.61. The molecule has 0 aliphatic carbocycles. The van der Waals surface area contributed by atoms with E-state index in [1.54, 1.807) is 0 Å². The van der Waals surface area contributed by atoms with Gasteiger partial charge in [-0.25, -0.2) is 0 Å². The van der Waals surface area contributed by atoms with Crippen LogP contribution >= 0.6 is 0 Å². The van der Waals surface area contributed by atoms with Crippen LogP contribution in [0.4, 0.5) is 12.9 Å². The van der Waals surface area contributed by atoms with Crippen molar-refractivity contribution >= 4 is 7.11 Å². The molecule has 5 heteroatoms. The summed E-state index contributed by atoms with van der Waals surface area (Å²) in [7, 11) is -4.97. The Labute approximate surface area is 97.6 Å². The van der Waals surface area contributed by atoms with Gasteiger partial charge < -0.3 is 17.4 Å². The molecule has 1 aromatic carbocycles. The van der Waals surface area contributed by atoms with Crippen LogP contribution in [-0.4, -0.2) is 7.11 Å². The predicted molar refractivity (Wildman–Crippen MR) is 60.4 cm³/mol. The van der Waals surface area contributed by atoms with E-state index < -0.39 is 7.11 Å². The Morgan fingerprint density at radius 3 is 1.88 bits per heavy atom. The topological polar surface area (TPSA) is 3.88 Å². The first-order chi connectivity index (χ1) is 8.05. The number of hydrogen-bond acceptors (Lipinski definition) is 0. The summed E-state index contributed by atoms with van der Waals surface area (Å²) in [5.74, 6) is 0. The van der Waals surface area contributed by atoms with Crippen LogP contribution in [0.1, 0.15) is 11.1 Å². The fourth-order valence-electron chi connectivity index (χ4n) is 1.61. The molecule has 0 N–H and O–H groups in total. The van der Waals surface area contributed by atoms with Crippen LogP contribution in [0.25, 0.3) is 0 Å². The Balaban J connectivity index is 2.14. The lowest BCUT2D eigenvalue weighted by atomic mass is 10.0. The smallest absolute Gasteiger partial charge is 0.379 e. The molecule has 0 atom stereocenters. The fraction of sp³-hybridized carbons (Fsp3) is 0.0833. The van der Waals surface area contributed by atoms with E-state index in [9.17, 15) is 12.9 Å². The molecule has 0 radical (unpaired) electrons. The largest absolute Gasteiger partial charge is 0.810 e. The molecule has 0 spiro atoms. The molecule has 2 rings (SSSR count). The molecule has 1 nitrogen and oxygen atoms in total. The summed E-state index contributed by atoms with van der Waals surface area (Å²) in [5, 5.41) is 0. The summed E-state index contributed by atoms with van der Waals surface area (Å²) >= 11 is 0. The lowest BCUT2D eigenvalue weighted by molar-refractivity contribution is -0.576. The Hall–Kier alpha value is -1.78. The highest BCUT2D eigenvalue weighted by Gasteiger charge is 2.39. The lowest BCUT2D eigenvalue weighted by Crippen LogP contribution is -2.54. The number of hydrogen-bond donors (Lipinski definition) is 0. The number of benzene rings is 1. The molecule has 0 fully saturated rings. The zero-order valence-corrected chi connectivity index (χ0v) is 9.06. The first kappa shape index (κ1) is 11.7. The maximum absolute atomic E-state index is 12.4. The predicted octanol–water partition coefficient (Wildman–Crippen LogP) is 2.76. The third-order valence-electron chi connectivity index (χ3n) is 2.51. The highest BCUT2D eigenvalue weighted by Crippen LogP contribution is 2.09. The van der Waals surface area contributed by atoms with Gasteiger partial charge in [0.1, 0.15) is 12.4 Å². The first-order valence-electron chi connectivity index (χ1n) is 5.29. The van der Waals surface area contributed by atoms with Crippen LogP contribution in [0.5, 0.6) is 0 Å². The first-order valence-corrected chi connectivity index (χ1v) is 5.29. The lowest BCUT2D eigenvalue weighted by Gasteiger charge is -2.08. The van der Waals surface area contributed by atoms with Crippen molar-refractivity contribution in [3.8, 4) is 0 Å². The highest BCUT2D eigenvalue weighted by molar-refractivity contribution is 6.48. The molecule has 0 amide bonds. The van der Waals surface area contributed by atoms with Gasteiger partial charge in [0.15, 0.2) is 0 Å². The van der Waals surface area contributed by atoms with Gasteiger partial charge in [0.2, 0.25) is 0 Å². The monoisotopic (exact) mass is 237 g/mol. The number of aromatic nitrogens is 1. The second-order valence-electron chi connectivity index (χ2n) is 3.86. The molecule has 1 aromatic heterocycles. The Morgan fingerprint density at radius 2 is 1.35 bits per heavy atom. The van der Waals surface area contributed by atoms with Crippen molar-refractivity contribution in [2.75, 3.05) is 0 Å². The van der Waals surface area contributed by atoms with Gasteiger partial charge in [0.25, 0.3) is 0 Å². The van der Waals surface area contributed by atoms with E-state index in [1.807, 2.05) is 30.3 Å². The van der Waals surface area contributed by atoms with E-state index in [1.165, 1.54) is 12.1 Å². The molecule has 0 unspecified atom stereocenters. The van der Waals surface area contributed by atoms with E-state index in [2.05, 4.69) is 0 Å². The minimum absolute atomic E-state index is 0.300. The van der Waals surface area contributed by atoms with Crippen molar-refractivity contribution < 1.29 is 17.4 Å². The third-order valence-corrected chi connectivity index (χ3v) is 2.51. The van der Waals surface area contributed by atoms with Gasteiger partial charge in [-0.1, -0.05) is 30.3 Å². The molecule has 1 heterocycles. The molecule has 0 aliphatic heterocycles. The summed E-state index contributed by atoms with van der Waals surface area (Å²) in [6, 6.07) is 12.6. The van der Waals surface area contributed by atoms with E-state index >= 15 is 0 Å². The van der Waals surface area contributed by atoms with Crippen molar-refractivity contribution in [1.29, 1.82) is 0 Å². The molecule has 88 valence electrons. The molecular formula is C12H11BF3N. The Kier molecular flexibility index (Phi) is 3.18. The van der Waals surface area contributed by atoms with Crippen molar-refractivity contribution in [2.45, 2.75) is 6.42 Å². The van der Waals surface area contributed by atoms with Crippen molar-refractivity contribution in [3.63, 3.8) is 0 Å². The van der Waals surface area contributed by atoms with E-state index in [0.717, 1.165) is 23.5 Å². The van der Waals surface area contributed by atoms with Crippen LogP contribution in [0.3, 0.4) is 0 Å². The number of rotatable bonds is 3. The van der Waals surface area contributed by atoms with Gasteiger partial charge in [0.05, 0.1) is 0 Å². The molecule has 0 saturated heterocycles. The van der Waals surface area contributed by atoms with Gasteiger partial charge in [0, 0.05) is 12.1 Å². The Bertz CT molecular complexity index is 479. The van der Waals surface area contributed by atoms with Gasteiger partial charge in [-0.3, -0.25) is 0 Å². The van der Waals surface area contributed by atoms with Crippen molar-refractivity contribution in [3.05, 3.63) is 66.0 Å². The average molecular weight is 237 g/mol. The van der Waals surface area contributed by atoms with E-state index in [-0.39, 0.29) is 0 Å². The summed E-state index contributed by atoms with van der Waals surface area (Å²) in [6.07, 6.45) is 2.78. The maximum Gasteiger partial charge on any atom is 0.810 e. The molecule has 0 aliphatic rings. The summed E-state index contributed by atoms with van der Waals surface area (Å²) in [4.78, 5) is 0. The minimum Gasteiger partial charge on any atom is -0.379 e. The number of pyridine rings is 1. The second-order valence-corrected chi connectivity index (χ2v) is 3.86. The van der Waals surface area contributed by atoms with Crippen LogP contribution < -0.4 is 4.48 Å². The molecule has 0 bridgehead atoms. The highest BCUT2D eigenvalue weighted by atomic mass is 19.4. The fourth-order valence-corrected chi connectivity index (χ4v) is 1.61. The number of halogens is 3.